The summed E-state index contributed by atoms with van der Waals surface area (Å²) in [6.45, 7) is -1.12. The van der Waals surface area contributed by atoms with E-state index in [1.54, 1.807) is 0 Å². The molecule has 0 aromatic carbocycles. The van der Waals surface area contributed by atoms with E-state index in [4.69, 9.17) is 11.6 Å². The Balaban J connectivity index is 2.28. The molecule has 2 heterocycles. The summed E-state index contributed by atoms with van der Waals surface area (Å²) in [5.41, 5.74) is -2.45. The van der Waals surface area contributed by atoms with Crippen molar-refractivity contribution in [2.45, 2.75) is 25.3 Å². The largest absolute Gasteiger partial charge is 0.418 e. The van der Waals surface area contributed by atoms with Gasteiger partial charge in [0.1, 0.15) is 0 Å². The molecule has 2 N–H and O–H groups in total. The number of carbonyl (C=O) groups excluding carboxylic acids is 1. The predicted molar refractivity (Wildman–Crippen MR) is 85.0 cm³/mol. The van der Waals surface area contributed by atoms with Gasteiger partial charge < -0.3 is 15.0 Å². The monoisotopic (exact) mass is 434 g/mol. The van der Waals surface area contributed by atoms with Crippen molar-refractivity contribution in [3.8, 4) is 0 Å². The molecule has 0 aliphatic carbocycles. The fourth-order valence-electron chi connectivity index (χ4n) is 2.00. The third kappa shape index (κ3) is 5.02. The van der Waals surface area contributed by atoms with Crippen LogP contribution in [0.5, 0.6) is 0 Å². The fraction of sp³-hybridized carbons (Fsp3) is 0.286. The number of nitrogens with one attached hydrogen (secondary N) is 1. The molecule has 2 aromatic rings. The van der Waals surface area contributed by atoms with Crippen LogP contribution in [0.2, 0.25) is 4.34 Å². The molecule has 0 spiro atoms. The van der Waals surface area contributed by atoms with Crippen LogP contribution in [-0.4, -0.2) is 28.2 Å². The molecule has 27 heavy (non-hydrogen) atoms. The molecule has 148 valence electrons. The summed E-state index contributed by atoms with van der Waals surface area (Å²) in [4.78, 5) is 23.2. The Morgan fingerprint density at radius 3 is 2.52 bits per heavy atom. The van der Waals surface area contributed by atoms with Gasteiger partial charge in [0.05, 0.1) is 21.4 Å². The highest BCUT2D eigenvalue weighted by molar-refractivity contribution is 7.18. The van der Waals surface area contributed by atoms with E-state index in [9.17, 15) is 41.0 Å². The van der Waals surface area contributed by atoms with Crippen LogP contribution >= 0.6 is 22.9 Å². The van der Waals surface area contributed by atoms with Crippen LogP contribution in [0.15, 0.2) is 23.1 Å². The molecule has 0 aliphatic rings. The van der Waals surface area contributed by atoms with E-state index < -0.39 is 52.4 Å². The lowest BCUT2D eigenvalue weighted by molar-refractivity contribution is -0.206. The Labute approximate surface area is 155 Å². The second-order valence-electron chi connectivity index (χ2n) is 5.16. The molecule has 1 unspecified atom stereocenters. The number of hydrogen-bond donors (Lipinski definition) is 2. The predicted octanol–water partition coefficient (Wildman–Crippen LogP) is 3.82. The first-order valence-corrected chi connectivity index (χ1v) is 8.13. The summed E-state index contributed by atoms with van der Waals surface area (Å²) in [6.07, 6.45) is -10.1. The second-order valence-corrected chi connectivity index (χ2v) is 6.82. The van der Waals surface area contributed by atoms with E-state index in [1.165, 1.54) is 0 Å². The molecule has 0 fully saturated rings. The number of thiophene rings is 1. The Hall–Kier alpha value is -2.05. The molecule has 0 aliphatic heterocycles. The topological polar surface area (TPSA) is 71.3 Å². The molecule has 0 radical (unpaired) electrons. The van der Waals surface area contributed by atoms with Crippen LogP contribution in [0, 0.1) is 5.82 Å². The van der Waals surface area contributed by atoms with Gasteiger partial charge in [-0.1, -0.05) is 11.6 Å². The molecule has 5 nitrogen and oxygen atoms in total. The van der Waals surface area contributed by atoms with Gasteiger partial charge >= 0.3 is 6.18 Å². The fourth-order valence-corrected chi connectivity index (χ4v) is 3.22. The lowest BCUT2D eigenvalue weighted by Gasteiger charge is -2.13. The number of aromatic nitrogens is 1. The number of carbonyl (C=O) groups is 1. The van der Waals surface area contributed by atoms with E-state index in [-0.39, 0.29) is 10.6 Å². The number of halogens is 7. The molecule has 1 amide bonds. The van der Waals surface area contributed by atoms with Crippen LogP contribution < -0.4 is 10.9 Å². The number of aliphatic hydroxyl groups is 1. The number of amides is 1. The van der Waals surface area contributed by atoms with Crippen LogP contribution in [0.25, 0.3) is 0 Å². The Morgan fingerprint density at radius 1 is 1.33 bits per heavy atom. The van der Waals surface area contributed by atoms with Crippen molar-refractivity contribution < 1.29 is 36.2 Å². The summed E-state index contributed by atoms with van der Waals surface area (Å²) in [5, 5.41) is 11.3. The minimum absolute atomic E-state index is 0.343. The van der Waals surface area contributed by atoms with E-state index in [0.29, 0.717) is 28.0 Å². The first-order valence-electron chi connectivity index (χ1n) is 6.93. The first kappa shape index (κ1) is 21.3. The zero-order chi connectivity index (χ0) is 20.5. The summed E-state index contributed by atoms with van der Waals surface area (Å²) < 4.78 is 75.9. The quantitative estimate of drug-likeness (QED) is 0.703. The van der Waals surface area contributed by atoms with E-state index in [0.717, 1.165) is 6.20 Å². The molecule has 1 atom stereocenters. The number of anilines is 1. The Kier molecular flexibility index (Phi) is 6.22. The van der Waals surface area contributed by atoms with Crippen molar-refractivity contribution >= 4 is 34.5 Å². The molecule has 0 saturated heterocycles. The number of pyridine rings is 1. The number of alkyl halides is 5. The van der Waals surface area contributed by atoms with Crippen molar-refractivity contribution in [2.24, 2.45) is 0 Å². The zero-order valence-corrected chi connectivity index (χ0v) is 14.4. The molecule has 0 saturated carbocycles. The number of nitrogens with zero attached hydrogens (tertiary/aromatic N) is 1. The highest BCUT2D eigenvalue weighted by atomic mass is 35.5. The second kappa shape index (κ2) is 7.90. The van der Waals surface area contributed by atoms with Gasteiger partial charge in [-0.3, -0.25) is 9.59 Å². The van der Waals surface area contributed by atoms with Gasteiger partial charge in [0.25, 0.3) is 17.9 Å². The van der Waals surface area contributed by atoms with Gasteiger partial charge in [-0.15, -0.1) is 11.3 Å². The van der Waals surface area contributed by atoms with E-state index in [2.05, 4.69) is 5.32 Å². The molecule has 2 rings (SSSR count). The lowest BCUT2D eigenvalue weighted by atomic mass is 10.2. The van der Waals surface area contributed by atoms with Gasteiger partial charge in [0, 0.05) is 17.8 Å². The summed E-state index contributed by atoms with van der Waals surface area (Å²) in [5.74, 6) is -2.45. The standard InChI is InChI=1S/C14H9ClF6N2O3S/c15-11-6(10(24)14(19,20)21)2-8(27-11)12(25)22-5-1-7(16)13(26)23(3-5)4-9(17)18/h1-3,9-10,24H,4H2,(H,22,25). The van der Waals surface area contributed by atoms with Crippen molar-refractivity contribution in [2.75, 3.05) is 5.32 Å². The normalized spacial score (nSPS) is 13.1. The third-order valence-corrected chi connectivity index (χ3v) is 4.56. The first-order chi connectivity index (χ1) is 12.4. The van der Waals surface area contributed by atoms with Gasteiger partial charge in [-0.25, -0.2) is 13.2 Å². The average molecular weight is 435 g/mol. The van der Waals surface area contributed by atoms with Crippen molar-refractivity contribution in [1.82, 2.24) is 4.57 Å². The van der Waals surface area contributed by atoms with Gasteiger partial charge in [-0.2, -0.15) is 13.2 Å². The maximum absolute atomic E-state index is 13.5. The molecular formula is C14H9ClF6N2O3S. The van der Waals surface area contributed by atoms with Crippen molar-refractivity contribution in [3.63, 3.8) is 0 Å². The van der Waals surface area contributed by atoms with Crippen LogP contribution in [0.1, 0.15) is 21.3 Å². The molecule has 2 aromatic heterocycles. The Bertz CT molecular complexity index is 911. The van der Waals surface area contributed by atoms with Crippen LogP contribution in [0.3, 0.4) is 0 Å². The third-order valence-electron chi connectivity index (χ3n) is 3.18. The summed E-state index contributed by atoms with van der Waals surface area (Å²) in [7, 11) is 0. The Morgan fingerprint density at radius 2 is 1.96 bits per heavy atom. The molecular weight excluding hydrogens is 426 g/mol. The summed E-state index contributed by atoms with van der Waals surface area (Å²) in [6, 6.07) is 1.27. The van der Waals surface area contributed by atoms with E-state index >= 15 is 0 Å². The van der Waals surface area contributed by atoms with Crippen molar-refractivity contribution in [1.29, 1.82) is 0 Å². The smallest absolute Gasteiger partial charge is 0.379 e. The highest BCUT2D eigenvalue weighted by Gasteiger charge is 2.41. The molecule has 13 heteroatoms. The average Bonchev–Trinajstić information content (AvgIpc) is 2.91. The minimum atomic E-state index is -5.01. The van der Waals surface area contributed by atoms with Crippen LogP contribution in [-0.2, 0) is 6.54 Å². The van der Waals surface area contributed by atoms with Gasteiger partial charge in [0.15, 0.2) is 11.9 Å². The lowest BCUT2D eigenvalue weighted by Crippen LogP contribution is -2.26. The SMILES string of the molecule is O=C(Nc1cc(F)c(=O)n(CC(F)F)c1)c1cc(C(O)C(F)(F)F)c(Cl)s1. The highest BCUT2D eigenvalue weighted by Crippen LogP contribution is 2.40. The maximum Gasteiger partial charge on any atom is 0.418 e. The van der Waals surface area contributed by atoms with Crippen molar-refractivity contribution in [3.05, 3.63) is 49.3 Å². The van der Waals surface area contributed by atoms with Gasteiger partial charge in [-0.05, 0) is 6.07 Å². The minimum Gasteiger partial charge on any atom is -0.379 e. The zero-order valence-electron chi connectivity index (χ0n) is 12.9. The molecule has 0 bridgehead atoms. The number of rotatable bonds is 5. The van der Waals surface area contributed by atoms with E-state index in [1.807, 2.05) is 0 Å². The van der Waals surface area contributed by atoms with Gasteiger partial charge in [0.2, 0.25) is 0 Å². The summed E-state index contributed by atoms with van der Waals surface area (Å²) >= 11 is 6.03. The number of hydrogen-bond acceptors (Lipinski definition) is 4. The van der Waals surface area contributed by atoms with Crippen LogP contribution in [0.4, 0.5) is 32.0 Å². The number of aliphatic hydroxyl groups excluding tert-OH is 1. The maximum atomic E-state index is 13.5.